The second-order valence-electron chi connectivity index (χ2n) is 5.27. The van der Waals surface area contributed by atoms with Crippen LogP contribution < -0.4 is 5.32 Å². The van der Waals surface area contributed by atoms with E-state index in [4.69, 9.17) is 16.3 Å². The number of hydrogen-bond donors (Lipinski definition) is 1. The minimum atomic E-state index is -0.387. The van der Waals surface area contributed by atoms with Gasteiger partial charge in [0.1, 0.15) is 5.82 Å². The van der Waals surface area contributed by atoms with E-state index in [2.05, 4.69) is 20.3 Å². The van der Waals surface area contributed by atoms with Crippen LogP contribution in [0.4, 0.5) is 10.3 Å². The summed E-state index contributed by atoms with van der Waals surface area (Å²) in [5, 5.41) is 3.29. The van der Waals surface area contributed by atoms with Gasteiger partial charge < -0.3 is 10.1 Å². The summed E-state index contributed by atoms with van der Waals surface area (Å²) in [6.45, 7) is 1.53. The fourth-order valence-electron chi connectivity index (χ4n) is 2.78. The van der Waals surface area contributed by atoms with Crippen molar-refractivity contribution in [2.45, 2.75) is 6.04 Å². The summed E-state index contributed by atoms with van der Waals surface area (Å²) in [5.41, 5.74) is 0.309. The Kier molecular flexibility index (Phi) is 3.01. The molecular formula is C14H12ClFN4O. The Hall–Kier alpha value is -1.79. The molecule has 21 heavy (non-hydrogen) atoms. The molecule has 2 aromatic rings. The molecule has 1 aliphatic carbocycles. The van der Waals surface area contributed by atoms with Crippen molar-refractivity contribution in [1.82, 2.24) is 15.0 Å². The maximum Gasteiger partial charge on any atom is 0.227 e. The van der Waals surface area contributed by atoms with Crippen molar-refractivity contribution in [2.24, 2.45) is 11.8 Å². The molecule has 2 aliphatic rings. The third kappa shape index (κ3) is 2.34. The van der Waals surface area contributed by atoms with E-state index in [1.165, 1.54) is 6.07 Å². The molecule has 7 heteroatoms. The molecule has 1 aromatic carbocycles. The molecule has 0 spiro atoms. The zero-order valence-corrected chi connectivity index (χ0v) is 11.7. The Bertz CT molecular complexity index is 688. The van der Waals surface area contributed by atoms with Gasteiger partial charge in [-0.25, -0.2) is 4.39 Å². The number of halogens is 2. The minimum absolute atomic E-state index is 0.0489. The van der Waals surface area contributed by atoms with E-state index in [1.807, 2.05) is 0 Å². The number of anilines is 1. The number of benzene rings is 1. The van der Waals surface area contributed by atoms with Gasteiger partial charge in [-0.05, 0) is 23.7 Å². The van der Waals surface area contributed by atoms with E-state index >= 15 is 0 Å². The molecule has 3 atom stereocenters. The molecule has 1 N–H and O–H groups in total. The quantitative estimate of drug-likeness (QED) is 0.943. The largest absolute Gasteiger partial charge is 0.381 e. The Morgan fingerprint density at radius 3 is 2.67 bits per heavy atom. The Morgan fingerprint density at radius 2 is 1.90 bits per heavy atom. The van der Waals surface area contributed by atoms with Gasteiger partial charge in [-0.3, -0.25) is 0 Å². The molecule has 2 heterocycles. The normalized spacial score (nSPS) is 26.5. The van der Waals surface area contributed by atoms with Gasteiger partial charge in [0, 0.05) is 17.9 Å². The van der Waals surface area contributed by atoms with Gasteiger partial charge in [-0.15, -0.1) is 0 Å². The highest BCUT2D eigenvalue weighted by Crippen LogP contribution is 2.45. The average molecular weight is 307 g/mol. The zero-order chi connectivity index (χ0) is 14.4. The molecule has 0 amide bonds. The smallest absolute Gasteiger partial charge is 0.227 e. The molecule has 4 rings (SSSR count). The fourth-order valence-corrected chi connectivity index (χ4v) is 2.94. The van der Waals surface area contributed by atoms with Crippen molar-refractivity contribution in [3.05, 3.63) is 35.4 Å². The summed E-state index contributed by atoms with van der Waals surface area (Å²) in [6, 6.07) is 6.64. The molecule has 0 unspecified atom stereocenters. The molecule has 1 saturated carbocycles. The van der Waals surface area contributed by atoms with Crippen LogP contribution in [0.15, 0.2) is 24.3 Å². The number of ether oxygens (including phenoxy) is 1. The number of rotatable bonds is 3. The van der Waals surface area contributed by atoms with Crippen molar-refractivity contribution >= 4 is 17.5 Å². The van der Waals surface area contributed by atoms with Crippen LogP contribution in [-0.2, 0) is 4.74 Å². The number of fused-ring (bicyclic) bond motifs is 1. The van der Waals surface area contributed by atoms with Gasteiger partial charge in [0.05, 0.1) is 18.8 Å². The van der Waals surface area contributed by atoms with Crippen molar-refractivity contribution in [1.29, 1.82) is 0 Å². The standard InChI is InChI=1S/C14H12ClFN4O/c15-13-18-12(7-3-1-2-4-10(7)16)19-14(20-13)17-11-8-5-21-6-9(8)11/h1-4,8-9,11H,5-6H2,(H,17,18,19,20)/t8-,9+,11-. The summed E-state index contributed by atoms with van der Waals surface area (Å²) in [6.07, 6.45) is 0. The first-order chi connectivity index (χ1) is 10.2. The highest BCUT2D eigenvalue weighted by Gasteiger charge is 2.54. The fraction of sp³-hybridized carbons (Fsp3) is 0.357. The van der Waals surface area contributed by atoms with Gasteiger partial charge >= 0.3 is 0 Å². The first-order valence-corrected chi connectivity index (χ1v) is 7.11. The lowest BCUT2D eigenvalue weighted by atomic mass is 10.2. The van der Waals surface area contributed by atoms with Crippen LogP contribution in [0.5, 0.6) is 0 Å². The predicted molar refractivity (Wildman–Crippen MR) is 75.4 cm³/mol. The van der Waals surface area contributed by atoms with E-state index < -0.39 is 0 Å². The summed E-state index contributed by atoms with van der Waals surface area (Å²) >= 11 is 5.93. The van der Waals surface area contributed by atoms with Gasteiger partial charge in [-0.2, -0.15) is 15.0 Å². The van der Waals surface area contributed by atoms with E-state index in [-0.39, 0.29) is 16.9 Å². The number of hydrogen-bond acceptors (Lipinski definition) is 5. The third-order valence-electron chi connectivity index (χ3n) is 3.97. The first kappa shape index (κ1) is 12.9. The molecule has 1 aliphatic heterocycles. The molecular weight excluding hydrogens is 295 g/mol. The van der Waals surface area contributed by atoms with E-state index in [1.54, 1.807) is 18.2 Å². The monoisotopic (exact) mass is 306 g/mol. The second kappa shape index (κ2) is 4.89. The molecule has 2 fully saturated rings. The molecule has 108 valence electrons. The molecule has 0 bridgehead atoms. The number of nitrogens with one attached hydrogen (secondary N) is 1. The van der Waals surface area contributed by atoms with Crippen molar-refractivity contribution in [3.63, 3.8) is 0 Å². The van der Waals surface area contributed by atoms with Crippen LogP contribution in [0.25, 0.3) is 11.4 Å². The van der Waals surface area contributed by atoms with Crippen LogP contribution in [-0.4, -0.2) is 34.2 Å². The highest BCUT2D eigenvalue weighted by atomic mass is 35.5. The minimum Gasteiger partial charge on any atom is -0.381 e. The Balaban J connectivity index is 1.62. The zero-order valence-electron chi connectivity index (χ0n) is 11.0. The number of nitrogens with zero attached hydrogens (tertiary/aromatic N) is 3. The Morgan fingerprint density at radius 1 is 1.14 bits per heavy atom. The van der Waals surface area contributed by atoms with Crippen molar-refractivity contribution in [2.75, 3.05) is 18.5 Å². The van der Waals surface area contributed by atoms with Crippen LogP contribution in [0, 0.1) is 17.7 Å². The molecule has 1 saturated heterocycles. The van der Waals surface area contributed by atoms with E-state index in [0.29, 0.717) is 29.4 Å². The first-order valence-electron chi connectivity index (χ1n) is 6.73. The highest BCUT2D eigenvalue weighted by molar-refractivity contribution is 6.28. The van der Waals surface area contributed by atoms with Crippen molar-refractivity contribution in [3.8, 4) is 11.4 Å². The van der Waals surface area contributed by atoms with Crippen LogP contribution in [0.2, 0.25) is 5.28 Å². The summed E-state index contributed by atoms with van der Waals surface area (Å²) < 4.78 is 19.2. The Labute approximate surface area is 125 Å². The van der Waals surface area contributed by atoms with E-state index in [9.17, 15) is 4.39 Å². The maximum absolute atomic E-state index is 13.8. The van der Waals surface area contributed by atoms with Crippen LogP contribution >= 0.6 is 11.6 Å². The average Bonchev–Trinajstić information content (AvgIpc) is 2.90. The topological polar surface area (TPSA) is 59.9 Å². The van der Waals surface area contributed by atoms with Gasteiger partial charge in [-0.1, -0.05) is 12.1 Å². The van der Waals surface area contributed by atoms with Crippen LogP contribution in [0.3, 0.4) is 0 Å². The molecule has 1 aromatic heterocycles. The maximum atomic E-state index is 13.8. The molecule has 5 nitrogen and oxygen atoms in total. The summed E-state index contributed by atoms with van der Waals surface area (Å²) in [5.74, 6) is 1.25. The summed E-state index contributed by atoms with van der Waals surface area (Å²) in [7, 11) is 0. The predicted octanol–water partition coefficient (Wildman–Crippen LogP) is 2.39. The van der Waals surface area contributed by atoms with Gasteiger partial charge in [0.2, 0.25) is 11.2 Å². The SMILES string of the molecule is Fc1ccccc1-c1nc(Cl)nc(N[C@@H]2[C@@H]3COC[C@@H]32)n1. The van der Waals surface area contributed by atoms with E-state index in [0.717, 1.165) is 13.2 Å². The second-order valence-corrected chi connectivity index (χ2v) is 5.60. The van der Waals surface area contributed by atoms with Gasteiger partial charge in [0.15, 0.2) is 5.82 Å². The lowest BCUT2D eigenvalue weighted by Crippen LogP contribution is -2.15. The summed E-state index contributed by atoms with van der Waals surface area (Å²) in [4.78, 5) is 12.3. The van der Waals surface area contributed by atoms with Crippen LogP contribution in [0.1, 0.15) is 0 Å². The van der Waals surface area contributed by atoms with Gasteiger partial charge in [0.25, 0.3) is 0 Å². The lowest BCUT2D eigenvalue weighted by Gasteiger charge is -2.09. The number of aromatic nitrogens is 3. The lowest BCUT2D eigenvalue weighted by molar-refractivity contribution is 0.162. The van der Waals surface area contributed by atoms with Crippen molar-refractivity contribution < 1.29 is 9.13 Å². The molecule has 0 radical (unpaired) electrons. The third-order valence-corrected chi connectivity index (χ3v) is 4.14.